The molecule has 0 unspecified atom stereocenters. The number of nitrogens with two attached hydrogens (primary N) is 1. The Hall–Kier alpha value is -2.24. The summed E-state index contributed by atoms with van der Waals surface area (Å²) in [4.78, 5) is 15.7. The Morgan fingerprint density at radius 3 is 3.04 bits per heavy atom. The van der Waals surface area contributed by atoms with E-state index in [1.165, 1.54) is 19.3 Å². The molecule has 0 radical (unpaired) electrons. The predicted molar refractivity (Wildman–Crippen MR) is 90.7 cm³/mol. The smallest absolute Gasteiger partial charge is 0.224 e. The number of amides is 1. The second kappa shape index (κ2) is 7.35. The van der Waals surface area contributed by atoms with Gasteiger partial charge in [0, 0.05) is 18.7 Å². The van der Waals surface area contributed by atoms with Gasteiger partial charge < -0.3 is 21.1 Å². The van der Waals surface area contributed by atoms with Gasteiger partial charge in [0.1, 0.15) is 12.4 Å². The van der Waals surface area contributed by atoms with E-state index < -0.39 is 0 Å². The van der Waals surface area contributed by atoms with Crippen LogP contribution in [0, 0.1) is 5.92 Å². The minimum Gasteiger partial charge on any atom is -0.492 e. The topological polar surface area (TPSA) is 88.7 Å². The summed E-state index contributed by atoms with van der Waals surface area (Å²) in [5.41, 5.74) is 7.84. The number of carbonyl (C=O) groups excluding carboxylic acids is 1. The first-order valence-electron chi connectivity index (χ1n) is 8.30. The van der Waals surface area contributed by atoms with Crippen molar-refractivity contribution < 1.29 is 9.53 Å². The quantitative estimate of drug-likeness (QED) is 0.423. The first-order chi connectivity index (χ1) is 11.2. The van der Waals surface area contributed by atoms with Gasteiger partial charge in [0.2, 0.25) is 5.91 Å². The molecule has 1 aliphatic heterocycles. The Balaban J connectivity index is 1.39. The van der Waals surface area contributed by atoms with Gasteiger partial charge in [0.05, 0.1) is 6.54 Å². The van der Waals surface area contributed by atoms with Crippen molar-refractivity contribution in [2.75, 3.05) is 25.0 Å². The van der Waals surface area contributed by atoms with Crippen molar-refractivity contribution in [1.82, 2.24) is 5.32 Å². The van der Waals surface area contributed by atoms with E-state index in [0.717, 1.165) is 35.9 Å². The minimum absolute atomic E-state index is 0.0760. The Kier molecular flexibility index (Phi) is 5.00. The molecule has 1 amide bonds. The summed E-state index contributed by atoms with van der Waals surface area (Å²) in [7, 11) is 0. The van der Waals surface area contributed by atoms with Crippen LogP contribution in [-0.2, 0) is 11.2 Å². The van der Waals surface area contributed by atoms with Crippen molar-refractivity contribution >= 4 is 17.6 Å². The molecule has 3 rings (SSSR count). The van der Waals surface area contributed by atoms with Crippen molar-refractivity contribution in [3.8, 4) is 5.75 Å². The van der Waals surface area contributed by atoms with Crippen molar-refractivity contribution in [1.29, 1.82) is 0 Å². The van der Waals surface area contributed by atoms with Crippen LogP contribution in [0.5, 0.6) is 5.75 Å². The Labute approximate surface area is 136 Å². The maximum Gasteiger partial charge on any atom is 0.224 e. The molecule has 6 nitrogen and oxygen atoms in total. The van der Waals surface area contributed by atoms with Crippen molar-refractivity contribution in [2.45, 2.75) is 32.1 Å². The monoisotopic (exact) mass is 316 g/mol. The average molecular weight is 316 g/mol. The maximum atomic E-state index is 11.3. The number of guanidine groups is 1. The third-order valence-corrected chi connectivity index (χ3v) is 4.39. The number of hydrogen-bond acceptors (Lipinski definition) is 3. The highest BCUT2D eigenvalue weighted by molar-refractivity contribution is 5.94. The van der Waals surface area contributed by atoms with Gasteiger partial charge in [-0.1, -0.05) is 6.42 Å². The van der Waals surface area contributed by atoms with Gasteiger partial charge in [-0.25, -0.2) is 0 Å². The van der Waals surface area contributed by atoms with Crippen LogP contribution < -0.4 is 21.1 Å². The van der Waals surface area contributed by atoms with Crippen LogP contribution in [0.2, 0.25) is 0 Å². The molecule has 2 aliphatic rings. The van der Waals surface area contributed by atoms with Crippen LogP contribution >= 0.6 is 0 Å². The first kappa shape index (κ1) is 15.6. The molecule has 6 heteroatoms. The van der Waals surface area contributed by atoms with Gasteiger partial charge in [0.25, 0.3) is 0 Å². The summed E-state index contributed by atoms with van der Waals surface area (Å²) in [6.45, 7) is 1.97. The fourth-order valence-corrected chi connectivity index (χ4v) is 2.76. The molecule has 0 aromatic heterocycles. The molecule has 0 spiro atoms. The molecule has 1 aromatic rings. The maximum absolute atomic E-state index is 11.3. The SMILES string of the molecule is NC(=NCC1CCC1)NCCOc1ccc2c(c1)CCC(=O)N2. The molecule has 124 valence electrons. The molecule has 0 atom stereocenters. The molecule has 0 bridgehead atoms. The van der Waals surface area contributed by atoms with Gasteiger partial charge in [-0.3, -0.25) is 9.79 Å². The van der Waals surface area contributed by atoms with Gasteiger partial charge >= 0.3 is 0 Å². The normalized spacial score (nSPS) is 17.9. The number of rotatable bonds is 6. The molecule has 1 aromatic carbocycles. The van der Waals surface area contributed by atoms with E-state index in [-0.39, 0.29) is 5.91 Å². The number of anilines is 1. The lowest BCUT2D eigenvalue weighted by Crippen LogP contribution is -2.35. The van der Waals surface area contributed by atoms with E-state index >= 15 is 0 Å². The zero-order valence-electron chi connectivity index (χ0n) is 13.3. The van der Waals surface area contributed by atoms with Crippen LogP contribution in [0.1, 0.15) is 31.2 Å². The number of ether oxygens (including phenoxy) is 1. The lowest BCUT2D eigenvalue weighted by molar-refractivity contribution is -0.116. The minimum atomic E-state index is 0.0760. The molecule has 4 N–H and O–H groups in total. The summed E-state index contributed by atoms with van der Waals surface area (Å²) < 4.78 is 5.72. The highest BCUT2D eigenvalue weighted by Crippen LogP contribution is 2.27. The van der Waals surface area contributed by atoms with Crippen molar-refractivity contribution in [3.63, 3.8) is 0 Å². The van der Waals surface area contributed by atoms with E-state index in [4.69, 9.17) is 10.5 Å². The van der Waals surface area contributed by atoms with Crippen molar-refractivity contribution in [3.05, 3.63) is 23.8 Å². The van der Waals surface area contributed by atoms with E-state index in [1.807, 2.05) is 18.2 Å². The number of aliphatic imine (C=N–C) groups is 1. The summed E-state index contributed by atoms with van der Waals surface area (Å²) in [6, 6.07) is 5.75. The third-order valence-electron chi connectivity index (χ3n) is 4.39. The van der Waals surface area contributed by atoms with E-state index in [1.54, 1.807) is 0 Å². The highest BCUT2D eigenvalue weighted by Gasteiger charge is 2.16. The molecular formula is C17H24N4O2. The fourth-order valence-electron chi connectivity index (χ4n) is 2.76. The first-order valence-corrected chi connectivity index (χ1v) is 8.30. The molecule has 23 heavy (non-hydrogen) atoms. The number of aryl methyl sites for hydroxylation is 1. The molecule has 1 saturated carbocycles. The zero-order valence-corrected chi connectivity index (χ0v) is 13.3. The van der Waals surface area contributed by atoms with E-state index in [2.05, 4.69) is 15.6 Å². The second-order valence-corrected chi connectivity index (χ2v) is 6.17. The lowest BCUT2D eigenvalue weighted by atomic mass is 9.86. The Morgan fingerprint density at radius 2 is 2.26 bits per heavy atom. The van der Waals surface area contributed by atoms with Crippen LogP contribution in [-0.4, -0.2) is 31.6 Å². The second-order valence-electron chi connectivity index (χ2n) is 6.17. The molecule has 1 aliphatic carbocycles. The van der Waals surface area contributed by atoms with Gasteiger partial charge in [-0.2, -0.15) is 0 Å². The van der Waals surface area contributed by atoms with Crippen molar-refractivity contribution in [2.24, 2.45) is 16.6 Å². The van der Waals surface area contributed by atoms with E-state index in [0.29, 0.717) is 25.5 Å². The summed E-state index contributed by atoms with van der Waals surface area (Å²) in [5, 5.41) is 5.93. The Morgan fingerprint density at radius 1 is 1.39 bits per heavy atom. The average Bonchev–Trinajstić information content (AvgIpc) is 2.50. The van der Waals surface area contributed by atoms with Crippen LogP contribution in [0.25, 0.3) is 0 Å². The van der Waals surface area contributed by atoms with Crippen LogP contribution in [0.3, 0.4) is 0 Å². The summed E-state index contributed by atoms with van der Waals surface area (Å²) in [5.74, 6) is 2.11. The largest absolute Gasteiger partial charge is 0.492 e. The van der Waals surface area contributed by atoms with Gasteiger partial charge in [-0.15, -0.1) is 0 Å². The molecule has 1 heterocycles. The predicted octanol–water partition coefficient (Wildman–Crippen LogP) is 1.65. The molecule has 0 saturated heterocycles. The number of nitrogens with one attached hydrogen (secondary N) is 2. The Bertz CT molecular complexity index is 596. The number of nitrogens with zero attached hydrogens (tertiary/aromatic N) is 1. The van der Waals surface area contributed by atoms with Gasteiger partial charge in [0.15, 0.2) is 5.96 Å². The fraction of sp³-hybridized carbons (Fsp3) is 0.529. The molecule has 1 fully saturated rings. The third kappa shape index (κ3) is 4.37. The number of fused-ring (bicyclic) bond motifs is 1. The standard InChI is InChI=1S/C17H24N4O2/c18-17(20-11-12-2-1-3-12)19-8-9-23-14-5-6-15-13(10-14)4-7-16(22)21-15/h5-6,10,12H,1-4,7-9,11H2,(H,21,22)(H3,18,19,20). The van der Waals surface area contributed by atoms with Crippen LogP contribution in [0.4, 0.5) is 5.69 Å². The number of hydrogen-bond donors (Lipinski definition) is 3. The highest BCUT2D eigenvalue weighted by atomic mass is 16.5. The number of benzene rings is 1. The summed E-state index contributed by atoms with van der Waals surface area (Å²) >= 11 is 0. The lowest BCUT2D eigenvalue weighted by Gasteiger charge is -2.23. The summed E-state index contributed by atoms with van der Waals surface area (Å²) in [6.07, 6.45) is 5.17. The zero-order chi connectivity index (χ0) is 16.1. The van der Waals surface area contributed by atoms with Crippen LogP contribution in [0.15, 0.2) is 23.2 Å². The number of carbonyl (C=O) groups is 1. The molecular weight excluding hydrogens is 292 g/mol. The van der Waals surface area contributed by atoms with E-state index in [9.17, 15) is 4.79 Å². The van der Waals surface area contributed by atoms with Gasteiger partial charge in [-0.05, 0) is 48.9 Å².